The summed E-state index contributed by atoms with van der Waals surface area (Å²) in [5.74, 6) is -2.50. The summed E-state index contributed by atoms with van der Waals surface area (Å²) in [6.45, 7) is 4.84. The van der Waals surface area contributed by atoms with Crippen molar-refractivity contribution in [3.05, 3.63) is 66.3 Å². The first-order valence-electron chi connectivity index (χ1n) is 13.3. The van der Waals surface area contributed by atoms with Crippen LogP contribution in [0.25, 0.3) is 0 Å². The van der Waals surface area contributed by atoms with Gasteiger partial charge in [0.05, 0.1) is 30.5 Å². The van der Waals surface area contributed by atoms with E-state index >= 15 is 8.78 Å². The van der Waals surface area contributed by atoms with E-state index in [1.807, 2.05) is 13.8 Å². The summed E-state index contributed by atoms with van der Waals surface area (Å²) < 4.78 is 37.3. The summed E-state index contributed by atoms with van der Waals surface area (Å²) in [4.78, 5) is 46.6. The van der Waals surface area contributed by atoms with Crippen LogP contribution >= 0.6 is 0 Å². The third kappa shape index (κ3) is 6.10. The minimum absolute atomic E-state index is 0.0489. The number of ether oxygens (including phenoxy) is 1. The molecule has 2 aromatic heterocycles. The van der Waals surface area contributed by atoms with E-state index in [0.29, 0.717) is 5.56 Å². The summed E-state index contributed by atoms with van der Waals surface area (Å²) in [6.07, 6.45) is 4.85. The number of hydrogen-bond donors (Lipinski definition) is 1. The predicted octanol–water partition coefficient (Wildman–Crippen LogP) is 2.08. The number of carbonyl (C=O) groups is 3. The van der Waals surface area contributed by atoms with Crippen LogP contribution in [0.3, 0.4) is 0 Å². The molecule has 216 valence electrons. The Bertz CT molecular complexity index is 1370. The van der Waals surface area contributed by atoms with Gasteiger partial charge in [-0.05, 0) is 18.1 Å². The van der Waals surface area contributed by atoms with Gasteiger partial charge in [0.25, 0.3) is 5.91 Å². The molecule has 0 bridgehead atoms. The molecule has 2 fully saturated rings. The average molecular weight is 569 g/mol. The normalized spacial score (nSPS) is 18.0. The fourth-order valence-corrected chi connectivity index (χ4v) is 4.96. The van der Waals surface area contributed by atoms with Crippen molar-refractivity contribution in [2.75, 3.05) is 42.5 Å². The number of rotatable bonds is 8. The summed E-state index contributed by atoms with van der Waals surface area (Å²) in [7, 11) is 0. The number of nitrogens with one attached hydrogen (secondary N) is 1. The van der Waals surface area contributed by atoms with Gasteiger partial charge >= 0.3 is 6.09 Å². The third-order valence-corrected chi connectivity index (χ3v) is 7.10. The van der Waals surface area contributed by atoms with E-state index in [0.717, 1.165) is 12.1 Å². The summed E-state index contributed by atoms with van der Waals surface area (Å²) in [6, 6.07) is 4.70. The standard InChI is InChI=1S/C27H30F2N8O4/c1-17(2)23(32-25(38)18-4-3-5-30-14-18)26(39)35-10-8-34(9-11-35)24-21(28)12-19(13-22(24)29)37-16-20(41-27(37)40)15-36-7-6-31-33-36/h3-7,12-14,17,20,23H,8-11,15-16H2,1-2H3,(H,32,38)/t20-,23-/m0/s1. The predicted molar refractivity (Wildman–Crippen MR) is 143 cm³/mol. The average Bonchev–Trinajstić information content (AvgIpc) is 3.61. The smallest absolute Gasteiger partial charge is 0.414 e. The number of nitrogens with zero attached hydrogens (tertiary/aromatic N) is 7. The molecule has 0 unspecified atom stereocenters. The van der Waals surface area contributed by atoms with Gasteiger partial charge in [0, 0.05) is 56.9 Å². The SMILES string of the molecule is CC(C)[C@H](NC(=O)c1cccnc1)C(=O)N1CCN(c2c(F)cc(N3C[C@H](Cn4ccnn4)OC3=O)cc2F)CC1. The highest BCUT2D eigenvalue weighted by Crippen LogP contribution is 2.32. The summed E-state index contributed by atoms with van der Waals surface area (Å²) in [5.41, 5.74) is 0.170. The zero-order chi connectivity index (χ0) is 29.1. The molecule has 1 aromatic carbocycles. The highest BCUT2D eigenvalue weighted by molar-refractivity contribution is 5.97. The third-order valence-electron chi connectivity index (χ3n) is 7.10. The Morgan fingerprint density at radius 3 is 2.46 bits per heavy atom. The molecular weight excluding hydrogens is 538 g/mol. The van der Waals surface area contributed by atoms with E-state index < -0.39 is 35.8 Å². The van der Waals surface area contributed by atoms with Gasteiger partial charge in [-0.25, -0.2) is 18.3 Å². The number of pyridine rings is 1. The zero-order valence-corrected chi connectivity index (χ0v) is 22.6. The molecule has 0 saturated carbocycles. The van der Waals surface area contributed by atoms with E-state index in [1.165, 1.54) is 26.9 Å². The first-order valence-corrected chi connectivity index (χ1v) is 13.3. The highest BCUT2D eigenvalue weighted by Gasteiger charge is 2.35. The van der Waals surface area contributed by atoms with Crippen LogP contribution in [0.1, 0.15) is 24.2 Å². The number of piperazine rings is 1. The topological polar surface area (TPSA) is 126 Å². The Kier molecular flexibility index (Phi) is 8.08. The first-order chi connectivity index (χ1) is 19.7. The van der Waals surface area contributed by atoms with Crippen molar-refractivity contribution in [2.24, 2.45) is 5.92 Å². The second-order valence-corrected chi connectivity index (χ2v) is 10.2. The molecular formula is C27H30F2N8O4. The van der Waals surface area contributed by atoms with Gasteiger partial charge in [-0.3, -0.25) is 19.5 Å². The van der Waals surface area contributed by atoms with Crippen molar-refractivity contribution in [3.63, 3.8) is 0 Å². The number of benzene rings is 1. The minimum atomic E-state index is -0.823. The summed E-state index contributed by atoms with van der Waals surface area (Å²) in [5, 5.41) is 10.3. The molecule has 5 rings (SSSR count). The van der Waals surface area contributed by atoms with Gasteiger partial charge in [0.15, 0.2) is 11.6 Å². The van der Waals surface area contributed by atoms with E-state index in [9.17, 15) is 14.4 Å². The lowest BCUT2D eigenvalue weighted by molar-refractivity contribution is -0.134. The second kappa shape index (κ2) is 11.9. The van der Waals surface area contributed by atoms with Crippen LogP contribution in [-0.2, 0) is 16.1 Å². The van der Waals surface area contributed by atoms with Gasteiger partial charge < -0.3 is 19.9 Å². The lowest BCUT2D eigenvalue weighted by Crippen LogP contribution is -2.56. The van der Waals surface area contributed by atoms with E-state index in [-0.39, 0.29) is 62.5 Å². The van der Waals surface area contributed by atoms with Crippen LogP contribution in [0, 0.1) is 17.6 Å². The van der Waals surface area contributed by atoms with Gasteiger partial charge in [0.1, 0.15) is 17.8 Å². The molecule has 4 heterocycles. The lowest BCUT2D eigenvalue weighted by atomic mass is 10.0. The fourth-order valence-electron chi connectivity index (χ4n) is 4.96. The number of carbonyl (C=O) groups excluding carboxylic acids is 3. The zero-order valence-electron chi connectivity index (χ0n) is 22.6. The van der Waals surface area contributed by atoms with Crippen LogP contribution < -0.4 is 15.1 Å². The largest absolute Gasteiger partial charge is 0.442 e. The molecule has 14 heteroatoms. The summed E-state index contributed by atoms with van der Waals surface area (Å²) >= 11 is 0. The van der Waals surface area contributed by atoms with Crippen LogP contribution in [0.4, 0.5) is 25.0 Å². The molecule has 41 heavy (non-hydrogen) atoms. The second-order valence-electron chi connectivity index (χ2n) is 10.2. The molecule has 2 aliphatic rings. The Morgan fingerprint density at radius 1 is 1.12 bits per heavy atom. The Morgan fingerprint density at radius 2 is 1.85 bits per heavy atom. The van der Waals surface area contributed by atoms with Crippen molar-refractivity contribution in [1.82, 2.24) is 30.2 Å². The molecule has 3 amide bonds. The molecule has 0 radical (unpaired) electrons. The van der Waals surface area contributed by atoms with Gasteiger partial charge in [0.2, 0.25) is 5.91 Å². The van der Waals surface area contributed by atoms with Crippen molar-refractivity contribution >= 4 is 29.3 Å². The number of aromatic nitrogens is 4. The van der Waals surface area contributed by atoms with Crippen molar-refractivity contribution in [2.45, 2.75) is 32.5 Å². The Balaban J connectivity index is 1.21. The number of cyclic esters (lactones) is 1. The molecule has 2 saturated heterocycles. The quantitative estimate of drug-likeness (QED) is 0.438. The molecule has 1 N–H and O–H groups in total. The minimum Gasteiger partial charge on any atom is -0.442 e. The maximum atomic E-state index is 15.3. The van der Waals surface area contributed by atoms with Crippen LogP contribution in [0.2, 0.25) is 0 Å². The van der Waals surface area contributed by atoms with Crippen LogP contribution in [0.5, 0.6) is 0 Å². The maximum absolute atomic E-state index is 15.3. The molecule has 0 spiro atoms. The van der Waals surface area contributed by atoms with Crippen LogP contribution in [-0.4, -0.2) is 87.7 Å². The molecule has 3 aromatic rings. The molecule has 0 aliphatic carbocycles. The van der Waals surface area contributed by atoms with Crippen molar-refractivity contribution < 1.29 is 27.9 Å². The number of anilines is 2. The Labute approximate surface area is 234 Å². The fraction of sp³-hybridized carbons (Fsp3) is 0.407. The lowest BCUT2D eigenvalue weighted by Gasteiger charge is -2.38. The van der Waals surface area contributed by atoms with E-state index in [1.54, 1.807) is 29.4 Å². The molecule has 2 aliphatic heterocycles. The monoisotopic (exact) mass is 568 g/mol. The number of halogens is 2. The van der Waals surface area contributed by atoms with Gasteiger partial charge in [-0.2, -0.15) is 0 Å². The van der Waals surface area contributed by atoms with Crippen LogP contribution in [0.15, 0.2) is 49.1 Å². The first kappa shape index (κ1) is 27.9. The maximum Gasteiger partial charge on any atom is 0.414 e. The van der Waals surface area contributed by atoms with E-state index in [2.05, 4.69) is 20.6 Å². The van der Waals surface area contributed by atoms with Gasteiger partial charge in [-0.15, -0.1) is 5.10 Å². The van der Waals surface area contributed by atoms with E-state index in [4.69, 9.17) is 4.74 Å². The van der Waals surface area contributed by atoms with Crippen molar-refractivity contribution in [1.29, 1.82) is 0 Å². The number of hydrogen-bond acceptors (Lipinski definition) is 8. The van der Waals surface area contributed by atoms with Crippen molar-refractivity contribution in [3.8, 4) is 0 Å². The molecule has 12 nitrogen and oxygen atoms in total. The molecule has 2 atom stereocenters. The van der Waals surface area contributed by atoms with Gasteiger partial charge in [-0.1, -0.05) is 19.1 Å². The number of amides is 3. The Hall–Kier alpha value is -4.62. The highest BCUT2D eigenvalue weighted by atomic mass is 19.1.